The molecule has 3 rings (SSSR count). The normalized spacial score (nSPS) is 10.3. The maximum absolute atomic E-state index is 13.8. The number of hydrogen-bond acceptors (Lipinski definition) is 4. The first-order valence-corrected chi connectivity index (χ1v) is 8.07. The molecule has 0 spiro atoms. The lowest BCUT2D eigenvalue weighted by Crippen LogP contribution is -2.14. The van der Waals surface area contributed by atoms with Gasteiger partial charge in [-0.3, -0.25) is 4.79 Å². The highest BCUT2D eigenvalue weighted by Crippen LogP contribution is 2.26. The molecule has 0 radical (unpaired) electrons. The molecular weight excluding hydrogens is 357 g/mol. The molecule has 2 N–H and O–H groups in total. The van der Waals surface area contributed by atoms with E-state index in [1.54, 1.807) is 19.2 Å². The first-order valence-electron chi connectivity index (χ1n) is 7.70. The van der Waals surface area contributed by atoms with Crippen LogP contribution in [0.4, 0.5) is 21.6 Å². The molecule has 0 fully saturated rings. The first-order chi connectivity index (χ1) is 12.6. The third-order valence-corrected chi connectivity index (χ3v) is 3.90. The molecule has 5 nitrogen and oxygen atoms in total. The van der Waals surface area contributed by atoms with Crippen LogP contribution in [0.3, 0.4) is 0 Å². The van der Waals surface area contributed by atoms with E-state index in [9.17, 15) is 9.18 Å². The number of halogens is 2. The van der Waals surface area contributed by atoms with Crippen LogP contribution in [0, 0.1) is 5.82 Å². The number of nitrogens with zero attached hydrogens (tertiary/aromatic N) is 1. The quantitative estimate of drug-likeness (QED) is 0.671. The number of ether oxygens (including phenoxy) is 1. The SMILES string of the molecule is COc1ccccc1Nc1ccc(NC(=O)c2c(F)cccc2Cl)cn1. The van der Waals surface area contributed by atoms with E-state index in [0.717, 1.165) is 5.69 Å². The van der Waals surface area contributed by atoms with Crippen LogP contribution in [-0.4, -0.2) is 18.0 Å². The third kappa shape index (κ3) is 3.92. The number of anilines is 3. The minimum Gasteiger partial charge on any atom is -0.495 e. The Morgan fingerprint density at radius 3 is 2.62 bits per heavy atom. The number of aromatic nitrogens is 1. The van der Waals surface area contributed by atoms with Gasteiger partial charge >= 0.3 is 0 Å². The Kier molecular flexibility index (Phi) is 5.34. The molecule has 1 aromatic heterocycles. The zero-order valence-corrected chi connectivity index (χ0v) is 14.5. The molecule has 0 unspecified atom stereocenters. The van der Waals surface area contributed by atoms with Crippen molar-refractivity contribution in [1.29, 1.82) is 0 Å². The van der Waals surface area contributed by atoms with Crippen molar-refractivity contribution in [3.8, 4) is 5.75 Å². The lowest BCUT2D eigenvalue weighted by atomic mass is 10.2. The molecular formula is C19H15ClFN3O2. The number of benzene rings is 2. The Morgan fingerprint density at radius 1 is 1.12 bits per heavy atom. The second-order valence-electron chi connectivity index (χ2n) is 5.31. The smallest absolute Gasteiger partial charge is 0.260 e. The summed E-state index contributed by atoms with van der Waals surface area (Å²) in [5.41, 5.74) is 0.975. The van der Waals surface area contributed by atoms with Gasteiger partial charge in [0, 0.05) is 0 Å². The zero-order chi connectivity index (χ0) is 18.5. The number of carbonyl (C=O) groups excluding carboxylic acids is 1. The topological polar surface area (TPSA) is 63.2 Å². The summed E-state index contributed by atoms with van der Waals surface area (Å²) in [6.45, 7) is 0. The average molecular weight is 372 g/mol. The Balaban J connectivity index is 1.73. The molecule has 7 heteroatoms. The molecule has 0 saturated heterocycles. The van der Waals surface area contributed by atoms with Crippen LogP contribution in [0.1, 0.15) is 10.4 Å². The maximum atomic E-state index is 13.8. The second-order valence-corrected chi connectivity index (χ2v) is 5.72. The van der Waals surface area contributed by atoms with E-state index < -0.39 is 11.7 Å². The molecule has 26 heavy (non-hydrogen) atoms. The minimum atomic E-state index is -0.683. The summed E-state index contributed by atoms with van der Waals surface area (Å²) in [4.78, 5) is 16.5. The van der Waals surface area contributed by atoms with E-state index in [1.165, 1.54) is 24.4 Å². The van der Waals surface area contributed by atoms with Crippen molar-refractivity contribution in [2.45, 2.75) is 0 Å². The van der Waals surface area contributed by atoms with Crippen LogP contribution in [0.15, 0.2) is 60.8 Å². The molecule has 0 saturated carbocycles. The van der Waals surface area contributed by atoms with Crippen LogP contribution in [0.25, 0.3) is 0 Å². The van der Waals surface area contributed by atoms with Gasteiger partial charge in [-0.1, -0.05) is 29.8 Å². The summed E-state index contributed by atoms with van der Waals surface area (Å²) in [6, 6.07) is 14.8. The highest BCUT2D eigenvalue weighted by molar-refractivity contribution is 6.34. The van der Waals surface area contributed by atoms with Crippen LogP contribution in [0.5, 0.6) is 5.75 Å². The maximum Gasteiger partial charge on any atom is 0.260 e. The number of rotatable bonds is 5. The summed E-state index contributed by atoms with van der Waals surface area (Å²) in [5, 5.41) is 5.75. The molecule has 1 amide bonds. The predicted molar refractivity (Wildman–Crippen MR) is 99.9 cm³/mol. The summed E-state index contributed by atoms with van der Waals surface area (Å²) in [7, 11) is 1.58. The summed E-state index contributed by atoms with van der Waals surface area (Å²) in [6.07, 6.45) is 1.46. The van der Waals surface area contributed by atoms with Gasteiger partial charge in [0.15, 0.2) is 0 Å². The van der Waals surface area contributed by atoms with Gasteiger partial charge in [0.1, 0.15) is 17.4 Å². The van der Waals surface area contributed by atoms with Crippen LogP contribution in [-0.2, 0) is 0 Å². The summed E-state index contributed by atoms with van der Waals surface area (Å²) < 4.78 is 19.1. The molecule has 0 aliphatic heterocycles. The van der Waals surface area contributed by atoms with E-state index in [1.807, 2.05) is 24.3 Å². The standard InChI is InChI=1S/C19H15ClFN3O2/c1-26-16-8-3-2-7-15(16)24-17-10-9-12(11-22-17)23-19(25)18-13(20)5-4-6-14(18)21/h2-11H,1H3,(H,22,24)(H,23,25). The van der Waals surface area contributed by atoms with Gasteiger partial charge in [0.25, 0.3) is 5.91 Å². The van der Waals surface area contributed by atoms with E-state index in [2.05, 4.69) is 15.6 Å². The fraction of sp³-hybridized carbons (Fsp3) is 0.0526. The molecule has 1 heterocycles. The molecule has 132 valence electrons. The van der Waals surface area contributed by atoms with Crippen LogP contribution >= 0.6 is 11.6 Å². The Hall–Kier alpha value is -3.12. The highest BCUT2D eigenvalue weighted by Gasteiger charge is 2.16. The van der Waals surface area contributed by atoms with Crippen LogP contribution < -0.4 is 15.4 Å². The molecule has 2 aromatic carbocycles. The Bertz CT molecular complexity index is 912. The van der Waals surface area contributed by atoms with Gasteiger partial charge in [0.05, 0.1) is 35.3 Å². The first kappa shape index (κ1) is 17.7. The van der Waals surface area contributed by atoms with Gasteiger partial charge in [-0.15, -0.1) is 0 Å². The van der Waals surface area contributed by atoms with E-state index >= 15 is 0 Å². The zero-order valence-electron chi connectivity index (χ0n) is 13.8. The van der Waals surface area contributed by atoms with Gasteiger partial charge in [0.2, 0.25) is 0 Å². The van der Waals surface area contributed by atoms with Gasteiger partial charge in [-0.2, -0.15) is 0 Å². The van der Waals surface area contributed by atoms with Crippen molar-refractivity contribution < 1.29 is 13.9 Å². The second kappa shape index (κ2) is 7.84. The van der Waals surface area contributed by atoms with Gasteiger partial charge in [-0.25, -0.2) is 9.37 Å². The number of carbonyl (C=O) groups is 1. The number of methoxy groups -OCH3 is 1. The monoisotopic (exact) mass is 371 g/mol. The molecule has 0 atom stereocenters. The fourth-order valence-electron chi connectivity index (χ4n) is 2.34. The Morgan fingerprint density at radius 2 is 1.92 bits per heavy atom. The number of hydrogen-bond donors (Lipinski definition) is 2. The van der Waals surface area contributed by atoms with Gasteiger partial charge < -0.3 is 15.4 Å². The lowest BCUT2D eigenvalue weighted by Gasteiger charge is -2.11. The van der Waals surface area contributed by atoms with Crippen molar-refractivity contribution in [3.05, 3.63) is 77.2 Å². The van der Waals surface area contributed by atoms with Crippen LogP contribution in [0.2, 0.25) is 5.02 Å². The molecule has 0 bridgehead atoms. The minimum absolute atomic E-state index is 0.0462. The molecule has 0 aliphatic carbocycles. The fourth-order valence-corrected chi connectivity index (χ4v) is 2.58. The predicted octanol–water partition coefficient (Wildman–Crippen LogP) is 4.88. The summed E-state index contributed by atoms with van der Waals surface area (Å²) in [5.74, 6) is -0.0740. The van der Waals surface area contributed by atoms with Crippen molar-refractivity contribution in [2.24, 2.45) is 0 Å². The van der Waals surface area contributed by atoms with E-state index in [0.29, 0.717) is 17.3 Å². The number of nitrogens with one attached hydrogen (secondary N) is 2. The largest absolute Gasteiger partial charge is 0.495 e. The number of pyridine rings is 1. The lowest BCUT2D eigenvalue weighted by molar-refractivity contribution is 0.102. The van der Waals surface area contributed by atoms with Gasteiger partial charge in [-0.05, 0) is 36.4 Å². The molecule has 0 aliphatic rings. The Labute approximate surface area is 154 Å². The van der Waals surface area contributed by atoms with Crippen molar-refractivity contribution in [3.63, 3.8) is 0 Å². The van der Waals surface area contributed by atoms with E-state index in [4.69, 9.17) is 16.3 Å². The van der Waals surface area contributed by atoms with Crippen molar-refractivity contribution >= 4 is 34.7 Å². The van der Waals surface area contributed by atoms with E-state index in [-0.39, 0.29) is 10.6 Å². The average Bonchev–Trinajstić information content (AvgIpc) is 2.63. The number of amides is 1. The molecule has 3 aromatic rings. The number of para-hydroxylation sites is 2. The highest BCUT2D eigenvalue weighted by atomic mass is 35.5. The summed E-state index contributed by atoms with van der Waals surface area (Å²) >= 11 is 5.90. The van der Waals surface area contributed by atoms with Crippen molar-refractivity contribution in [2.75, 3.05) is 17.7 Å². The third-order valence-electron chi connectivity index (χ3n) is 3.58. The van der Waals surface area contributed by atoms with Crippen molar-refractivity contribution in [1.82, 2.24) is 4.98 Å².